The summed E-state index contributed by atoms with van der Waals surface area (Å²) in [7, 11) is 0. The van der Waals surface area contributed by atoms with Crippen LogP contribution in [-0.2, 0) is 9.59 Å². The number of benzene rings is 2. The van der Waals surface area contributed by atoms with Gasteiger partial charge in [-0.2, -0.15) is 0 Å². The number of carbonyl (C=O) groups is 4. The lowest BCUT2D eigenvalue weighted by Crippen LogP contribution is -2.54. The van der Waals surface area contributed by atoms with E-state index in [0.29, 0.717) is 22.6 Å². The number of nitrogens with zero attached hydrogens (tertiary/aromatic N) is 2. The number of urea groups is 1. The smallest absolute Gasteiger partial charge is 0.335 e. The number of hydrogen-bond donors (Lipinski definition) is 2. The summed E-state index contributed by atoms with van der Waals surface area (Å²) in [5, 5.41) is 11.4. The zero-order valence-corrected chi connectivity index (χ0v) is 16.4. The number of carbonyl (C=O) groups excluding carboxylic acids is 3. The minimum Gasteiger partial charge on any atom is -0.478 e. The van der Waals surface area contributed by atoms with Crippen LogP contribution in [0, 0.1) is 6.92 Å². The van der Waals surface area contributed by atoms with Crippen LogP contribution in [0.4, 0.5) is 10.5 Å². The number of aromatic nitrogens is 1. The zero-order chi connectivity index (χ0) is 22.1. The fourth-order valence-corrected chi connectivity index (χ4v) is 3.37. The maximum atomic E-state index is 13.1. The summed E-state index contributed by atoms with van der Waals surface area (Å²) in [6.45, 7) is 1.76. The number of rotatable bonds is 4. The van der Waals surface area contributed by atoms with Crippen LogP contribution in [0.3, 0.4) is 0 Å². The molecule has 1 fully saturated rings. The lowest BCUT2D eigenvalue weighted by Gasteiger charge is -2.27. The highest BCUT2D eigenvalue weighted by atomic mass is 16.4. The highest BCUT2D eigenvalue weighted by molar-refractivity contribution is 6.39. The average molecular weight is 415 g/mol. The molecule has 2 aromatic carbocycles. The monoisotopic (exact) mass is 415 g/mol. The number of imide groups is 2. The van der Waals surface area contributed by atoms with Gasteiger partial charge in [0.2, 0.25) is 0 Å². The van der Waals surface area contributed by atoms with Gasteiger partial charge in [0.1, 0.15) is 5.57 Å². The first-order valence-corrected chi connectivity index (χ1v) is 9.35. The van der Waals surface area contributed by atoms with E-state index in [-0.39, 0.29) is 11.1 Å². The molecular weight excluding hydrogens is 398 g/mol. The normalized spacial score (nSPS) is 15.3. The van der Waals surface area contributed by atoms with E-state index in [4.69, 9.17) is 0 Å². The van der Waals surface area contributed by atoms with E-state index in [1.807, 2.05) is 0 Å². The third-order valence-corrected chi connectivity index (χ3v) is 4.90. The molecule has 0 radical (unpaired) electrons. The molecule has 1 aromatic heterocycles. The Morgan fingerprint density at radius 1 is 1.00 bits per heavy atom. The molecule has 0 bridgehead atoms. The van der Waals surface area contributed by atoms with Gasteiger partial charge in [-0.25, -0.2) is 14.5 Å². The quantitative estimate of drug-likeness (QED) is 0.503. The van der Waals surface area contributed by atoms with Crippen LogP contribution in [-0.4, -0.2) is 33.5 Å². The van der Waals surface area contributed by atoms with Crippen LogP contribution in [0.25, 0.3) is 11.8 Å². The molecule has 3 aromatic rings. The number of amides is 4. The van der Waals surface area contributed by atoms with Gasteiger partial charge in [0.25, 0.3) is 11.8 Å². The van der Waals surface area contributed by atoms with Gasteiger partial charge >= 0.3 is 12.0 Å². The number of para-hydroxylation sites is 1. The number of anilines is 1. The van der Waals surface area contributed by atoms with Gasteiger partial charge in [-0.05, 0) is 55.0 Å². The summed E-state index contributed by atoms with van der Waals surface area (Å²) in [6.07, 6.45) is 3.06. The van der Waals surface area contributed by atoms with E-state index in [9.17, 15) is 24.3 Å². The van der Waals surface area contributed by atoms with E-state index in [2.05, 4.69) is 5.32 Å². The SMILES string of the molecule is Cc1ccccc1N1C(=O)NC(=O)/C(=C\c2cccn2-c2cccc(C(=O)O)c2)C1=O. The minimum absolute atomic E-state index is 0.104. The van der Waals surface area contributed by atoms with Crippen molar-refractivity contribution in [3.63, 3.8) is 0 Å². The molecule has 4 rings (SSSR count). The molecule has 0 spiro atoms. The second-order valence-corrected chi connectivity index (χ2v) is 6.90. The van der Waals surface area contributed by atoms with Crippen LogP contribution in [0.2, 0.25) is 0 Å². The number of carboxylic acids is 1. The number of barbiturate groups is 1. The fourth-order valence-electron chi connectivity index (χ4n) is 3.37. The van der Waals surface area contributed by atoms with Gasteiger partial charge in [-0.3, -0.25) is 14.9 Å². The van der Waals surface area contributed by atoms with E-state index in [1.165, 1.54) is 18.2 Å². The molecule has 8 heteroatoms. The van der Waals surface area contributed by atoms with Crippen LogP contribution in [0.1, 0.15) is 21.6 Å². The maximum absolute atomic E-state index is 13.1. The molecule has 31 heavy (non-hydrogen) atoms. The molecule has 0 saturated carbocycles. The number of carboxylic acid groups (broad SMARTS) is 1. The maximum Gasteiger partial charge on any atom is 0.335 e. The first kappa shape index (κ1) is 19.8. The lowest BCUT2D eigenvalue weighted by molar-refractivity contribution is -0.122. The molecule has 1 aliphatic heterocycles. The Kier molecular flexibility index (Phi) is 4.96. The van der Waals surface area contributed by atoms with E-state index in [1.54, 1.807) is 66.2 Å². The molecule has 2 N–H and O–H groups in total. The Balaban J connectivity index is 1.77. The van der Waals surface area contributed by atoms with Crippen molar-refractivity contribution in [2.45, 2.75) is 6.92 Å². The van der Waals surface area contributed by atoms with Gasteiger partial charge in [-0.15, -0.1) is 0 Å². The molecule has 0 unspecified atom stereocenters. The van der Waals surface area contributed by atoms with Crippen molar-refractivity contribution >= 4 is 35.6 Å². The average Bonchev–Trinajstić information content (AvgIpc) is 3.21. The third kappa shape index (κ3) is 3.62. The summed E-state index contributed by atoms with van der Waals surface area (Å²) >= 11 is 0. The highest BCUT2D eigenvalue weighted by Gasteiger charge is 2.37. The van der Waals surface area contributed by atoms with Crippen molar-refractivity contribution in [2.75, 3.05) is 4.90 Å². The van der Waals surface area contributed by atoms with Crippen molar-refractivity contribution < 1.29 is 24.3 Å². The zero-order valence-electron chi connectivity index (χ0n) is 16.4. The summed E-state index contributed by atoms with van der Waals surface area (Å²) in [5.41, 5.74) is 2.00. The largest absolute Gasteiger partial charge is 0.478 e. The van der Waals surface area contributed by atoms with Crippen molar-refractivity contribution in [2.24, 2.45) is 0 Å². The Hall–Kier alpha value is -4.46. The number of nitrogens with one attached hydrogen (secondary N) is 1. The van der Waals surface area contributed by atoms with Gasteiger partial charge in [-0.1, -0.05) is 24.3 Å². The van der Waals surface area contributed by atoms with Gasteiger partial charge < -0.3 is 9.67 Å². The van der Waals surface area contributed by atoms with Gasteiger partial charge in [0, 0.05) is 17.6 Å². The Bertz CT molecular complexity index is 1270. The van der Waals surface area contributed by atoms with E-state index < -0.39 is 23.8 Å². The van der Waals surface area contributed by atoms with Crippen molar-refractivity contribution in [1.82, 2.24) is 9.88 Å². The first-order valence-electron chi connectivity index (χ1n) is 9.35. The number of aromatic carboxylic acids is 1. The number of aryl methyl sites for hydroxylation is 1. The molecule has 8 nitrogen and oxygen atoms in total. The van der Waals surface area contributed by atoms with Crippen molar-refractivity contribution in [3.8, 4) is 5.69 Å². The Morgan fingerprint density at radius 2 is 1.77 bits per heavy atom. The first-order chi connectivity index (χ1) is 14.9. The van der Waals surface area contributed by atoms with Crippen molar-refractivity contribution in [1.29, 1.82) is 0 Å². The van der Waals surface area contributed by atoms with Crippen LogP contribution in [0.15, 0.2) is 72.4 Å². The Labute approximate surface area is 177 Å². The lowest BCUT2D eigenvalue weighted by atomic mass is 10.1. The predicted molar refractivity (Wildman–Crippen MR) is 113 cm³/mol. The Morgan fingerprint density at radius 3 is 2.52 bits per heavy atom. The molecule has 0 atom stereocenters. The molecule has 2 heterocycles. The standard InChI is InChI=1S/C23H17N3O5/c1-14-6-2-3-10-19(14)26-21(28)18(20(27)24-23(26)31)13-17-9-5-11-25(17)16-8-4-7-15(12-16)22(29)30/h2-13H,1H3,(H,29,30)(H,24,27,31)/b18-13+. The summed E-state index contributed by atoms with van der Waals surface area (Å²) in [5.74, 6) is -2.61. The summed E-state index contributed by atoms with van der Waals surface area (Å²) < 4.78 is 1.65. The van der Waals surface area contributed by atoms with Gasteiger partial charge in [0.05, 0.1) is 11.3 Å². The summed E-state index contributed by atoms with van der Waals surface area (Å²) in [4.78, 5) is 50.2. The second kappa shape index (κ2) is 7.75. The molecule has 154 valence electrons. The van der Waals surface area contributed by atoms with Crippen LogP contribution < -0.4 is 10.2 Å². The van der Waals surface area contributed by atoms with Gasteiger partial charge in [0.15, 0.2) is 0 Å². The topological polar surface area (TPSA) is 109 Å². The summed E-state index contributed by atoms with van der Waals surface area (Å²) in [6, 6.07) is 15.7. The molecular formula is C23H17N3O5. The molecule has 1 saturated heterocycles. The molecule has 4 amide bonds. The van der Waals surface area contributed by atoms with E-state index >= 15 is 0 Å². The molecule has 0 aliphatic carbocycles. The predicted octanol–water partition coefficient (Wildman–Crippen LogP) is 3.15. The van der Waals surface area contributed by atoms with Crippen LogP contribution >= 0.6 is 0 Å². The molecule has 1 aliphatic rings. The third-order valence-electron chi connectivity index (χ3n) is 4.90. The minimum atomic E-state index is -1.07. The van der Waals surface area contributed by atoms with E-state index in [0.717, 1.165) is 4.90 Å². The second-order valence-electron chi connectivity index (χ2n) is 6.90. The highest BCUT2D eigenvalue weighted by Crippen LogP contribution is 2.25. The number of hydrogen-bond acceptors (Lipinski definition) is 4. The van der Waals surface area contributed by atoms with Crippen LogP contribution in [0.5, 0.6) is 0 Å². The van der Waals surface area contributed by atoms with Crippen molar-refractivity contribution in [3.05, 3.63) is 89.3 Å². The fraction of sp³-hybridized carbons (Fsp3) is 0.0435.